The first-order valence-electron chi connectivity index (χ1n) is 11.9. The predicted octanol–water partition coefficient (Wildman–Crippen LogP) is 8.70. The minimum Gasteiger partial charge on any atom is -0.381 e. The van der Waals surface area contributed by atoms with E-state index in [0.29, 0.717) is 0 Å². The van der Waals surface area contributed by atoms with Crippen LogP contribution in [0.15, 0.2) is 0 Å². The Labute approximate surface area is 160 Å². The van der Waals surface area contributed by atoms with Crippen LogP contribution in [0.25, 0.3) is 0 Å². The minimum atomic E-state index is 0.800. The van der Waals surface area contributed by atoms with Gasteiger partial charge in [0.05, 0.1) is 0 Å². The molecule has 0 rings (SSSR count). The first-order valence-corrected chi connectivity index (χ1v) is 11.9. The van der Waals surface area contributed by atoms with Crippen molar-refractivity contribution in [2.45, 2.75) is 136 Å². The maximum atomic E-state index is 5.94. The van der Waals surface area contributed by atoms with Gasteiger partial charge in [0.1, 0.15) is 0 Å². The highest BCUT2D eigenvalue weighted by Gasteiger charge is 2.06. The van der Waals surface area contributed by atoms with Crippen LogP contribution in [-0.4, -0.2) is 13.2 Å². The quantitative estimate of drug-likeness (QED) is 0.187. The van der Waals surface area contributed by atoms with Gasteiger partial charge in [0.25, 0.3) is 0 Å². The van der Waals surface area contributed by atoms with Crippen LogP contribution in [0.1, 0.15) is 136 Å². The third-order valence-corrected chi connectivity index (χ3v) is 5.54. The van der Waals surface area contributed by atoms with Crippen molar-refractivity contribution in [1.82, 2.24) is 0 Å². The Hall–Kier alpha value is -0.0400. The zero-order valence-electron chi connectivity index (χ0n) is 18.1. The molecule has 0 fully saturated rings. The molecule has 0 spiro atoms. The van der Waals surface area contributed by atoms with Gasteiger partial charge in [0.2, 0.25) is 0 Å². The third-order valence-electron chi connectivity index (χ3n) is 5.54. The van der Waals surface area contributed by atoms with Gasteiger partial charge in [-0.2, -0.15) is 0 Å². The molecule has 152 valence electrons. The zero-order valence-corrected chi connectivity index (χ0v) is 18.1. The first-order chi connectivity index (χ1) is 12.3. The van der Waals surface area contributed by atoms with Gasteiger partial charge in [0, 0.05) is 13.2 Å². The van der Waals surface area contributed by atoms with Crippen molar-refractivity contribution >= 4 is 0 Å². The standard InChI is InChI=1S/C24H50O/c1-4-7-9-11-12-13-14-15-16-17-18-20-22-25-23-24(6-3)21-19-10-8-5-2/h24H,4-23H2,1-3H3. The molecule has 0 aromatic carbocycles. The third kappa shape index (κ3) is 20.1. The largest absolute Gasteiger partial charge is 0.381 e. The second-order valence-corrected chi connectivity index (χ2v) is 8.09. The summed E-state index contributed by atoms with van der Waals surface area (Å²) in [7, 11) is 0. The summed E-state index contributed by atoms with van der Waals surface area (Å²) in [4.78, 5) is 0. The fourth-order valence-electron chi connectivity index (χ4n) is 3.56. The van der Waals surface area contributed by atoms with Crippen LogP contribution in [-0.2, 0) is 4.74 Å². The molecule has 0 saturated carbocycles. The van der Waals surface area contributed by atoms with E-state index in [-0.39, 0.29) is 0 Å². The van der Waals surface area contributed by atoms with Gasteiger partial charge < -0.3 is 4.74 Å². The Morgan fingerprint density at radius 2 is 0.960 bits per heavy atom. The first kappa shape index (κ1) is 25.0. The Morgan fingerprint density at radius 1 is 0.520 bits per heavy atom. The van der Waals surface area contributed by atoms with Gasteiger partial charge >= 0.3 is 0 Å². The van der Waals surface area contributed by atoms with E-state index in [0.717, 1.165) is 19.1 Å². The topological polar surface area (TPSA) is 9.23 Å². The van der Waals surface area contributed by atoms with Crippen molar-refractivity contribution in [3.05, 3.63) is 0 Å². The van der Waals surface area contributed by atoms with Crippen LogP contribution >= 0.6 is 0 Å². The van der Waals surface area contributed by atoms with Crippen LogP contribution in [0, 0.1) is 5.92 Å². The second-order valence-electron chi connectivity index (χ2n) is 8.09. The van der Waals surface area contributed by atoms with E-state index in [1.165, 1.54) is 116 Å². The number of hydrogen-bond donors (Lipinski definition) is 0. The van der Waals surface area contributed by atoms with Crippen molar-refractivity contribution in [3.8, 4) is 0 Å². The average molecular weight is 355 g/mol. The van der Waals surface area contributed by atoms with E-state index in [1.807, 2.05) is 0 Å². The molecular weight excluding hydrogens is 304 g/mol. The Morgan fingerprint density at radius 3 is 1.44 bits per heavy atom. The monoisotopic (exact) mass is 354 g/mol. The summed E-state index contributed by atoms with van der Waals surface area (Å²) >= 11 is 0. The van der Waals surface area contributed by atoms with E-state index in [9.17, 15) is 0 Å². The van der Waals surface area contributed by atoms with Crippen molar-refractivity contribution in [1.29, 1.82) is 0 Å². The van der Waals surface area contributed by atoms with Crippen LogP contribution in [0.3, 0.4) is 0 Å². The van der Waals surface area contributed by atoms with Crippen LogP contribution in [0.4, 0.5) is 0 Å². The van der Waals surface area contributed by atoms with Crippen molar-refractivity contribution < 1.29 is 4.74 Å². The second kappa shape index (κ2) is 22.0. The SMILES string of the molecule is CCCCCCCCCCCCCCOCC(CC)CCCCCC. The van der Waals surface area contributed by atoms with Crippen molar-refractivity contribution in [3.63, 3.8) is 0 Å². The lowest BCUT2D eigenvalue weighted by Crippen LogP contribution is -2.09. The summed E-state index contributed by atoms with van der Waals surface area (Å²) in [6.45, 7) is 8.89. The summed E-state index contributed by atoms with van der Waals surface area (Å²) in [5.41, 5.74) is 0. The minimum absolute atomic E-state index is 0.800. The highest BCUT2D eigenvalue weighted by atomic mass is 16.5. The van der Waals surface area contributed by atoms with Gasteiger partial charge in [0.15, 0.2) is 0 Å². The highest BCUT2D eigenvalue weighted by Crippen LogP contribution is 2.15. The smallest absolute Gasteiger partial charge is 0.0494 e. The Kier molecular flexibility index (Phi) is 22.0. The zero-order chi connectivity index (χ0) is 18.4. The van der Waals surface area contributed by atoms with E-state index < -0.39 is 0 Å². The van der Waals surface area contributed by atoms with Crippen LogP contribution in [0.5, 0.6) is 0 Å². The van der Waals surface area contributed by atoms with Gasteiger partial charge in [-0.15, -0.1) is 0 Å². The maximum absolute atomic E-state index is 5.94. The lowest BCUT2D eigenvalue weighted by atomic mass is 9.99. The lowest BCUT2D eigenvalue weighted by Gasteiger charge is -2.15. The molecule has 0 aliphatic rings. The summed E-state index contributed by atoms with van der Waals surface area (Å²) in [5, 5.41) is 0. The molecule has 0 amide bonds. The Balaban J connectivity index is 3.19. The van der Waals surface area contributed by atoms with Crippen molar-refractivity contribution in [2.24, 2.45) is 5.92 Å². The number of hydrogen-bond acceptors (Lipinski definition) is 1. The van der Waals surface area contributed by atoms with E-state index in [1.54, 1.807) is 0 Å². The lowest BCUT2D eigenvalue weighted by molar-refractivity contribution is 0.0906. The van der Waals surface area contributed by atoms with Gasteiger partial charge in [-0.25, -0.2) is 0 Å². The number of unbranched alkanes of at least 4 members (excludes halogenated alkanes) is 14. The normalized spacial score (nSPS) is 12.6. The van der Waals surface area contributed by atoms with E-state index in [4.69, 9.17) is 4.74 Å². The summed E-state index contributed by atoms with van der Waals surface area (Å²) < 4.78 is 5.94. The molecule has 0 aromatic rings. The van der Waals surface area contributed by atoms with Gasteiger partial charge in [-0.3, -0.25) is 0 Å². The molecule has 0 heterocycles. The number of rotatable bonds is 21. The average Bonchev–Trinajstić information content (AvgIpc) is 2.63. The molecule has 1 nitrogen and oxygen atoms in total. The molecule has 25 heavy (non-hydrogen) atoms. The summed E-state index contributed by atoms with van der Waals surface area (Å²) in [5.74, 6) is 0.800. The molecule has 0 aliphatic heterocycles. The number of ether oxygens (including phenoxy) is 1. The fraction of sp³-hybridized carbons (Fsp3) is 1.00. The summed E-state index contributed by atoms with van der Waals surface area (Å²) in [6.07, 6.45) is 25.2. The fourth-order valence-corrected chi connectivity index (χ4v) is 3.56. The highest BCUT2D eigenvalue weighted by molar-refractivity contribution is 4.57. The van der Waals surface area contributed by atoms with Crippen LogP contribution in [0.2, 0.25) is 0 Å². The van der Waals surface area contributed by atoms with Gasteiger partial charge in [-0.05, 0) is 18.8 Å². The maximum Gasteiger partial charge on any atom is 0.0494 e. The van der Waals surface area contributed by atoms with E-state index >= 15 is 0 Å². The Bertz CT molecular complexity index is 226. The summed E-state index contributed by atoms with van der Waals surface area (Å²) in [6, 6.07) is 0. The van der Waals surface area contributed by atoms with Crippen molar-refractivity contribution in [2.75, 3.05) is 13.2 Å². The molecule has 1 atom stereocenters. The molecule has 0 aromatic heterocycles. The molecule has 0 aliphatic carbocycles. The van der Waals surface area contributed by atoms with Gasteiger partial charge in [-0.1, -0.05) is 124 Å². The molecule has 1 heteroatoms. The molecule has 0 N–H and O–H groups in total. The molecule has 1 unspecified atom stereocenters. The molecular formula is C24H50O. The molecule has 0 bridgehead atoms. The molecule has 0 radical (unpaired) electrons. The molecule has 0 saturated heterocycles. The van der Waals surface area contributed by atoms with Crippen LogP contribution < -0.4 is 0 Å². The van der Waals surface area contributed by atoms with E-state index in [2.05, 4.69) is 20.8 Å². The predicted molar refractivity (Wildman–Crippen MR) is 114 cm³/mol.